The van der Waals surface area contributed by atoms with Crippen molar-refractivity contribution in [2.75, 3.05) is 26.2 Å². The highest BCUT2D eigenvalue weighted by Crippen LogP contribution is 2.13. The maximum absolute atomic E-state index is 12.0. The van der Waals surface area contributed by atoms with Crippen LogP contribution in [0.2, 0.25) is 0 Å². The zero-order valence-corrected chi connectivity index (χ0v) is 17.8. The minimum Gasteiger partial charge on any atom is -0.469 e. The van der Waals surface area contributed by atoms with E-state index in [0.29, 0.717) is 12.6 Å². The molecule has 7 heteroatoms. The van der Waals surface area contributed by atoms with Crippen LogP contribution in [0.4, 0.5) is 0 Å². The quantitative estimate of drug-likeness (QED) is 0.388. The van der Waals surface area contributed by atoms with E-state index < -0.39 is 0 Å². The first-order valence-electron chi connectivity index (χ1n) is 8.96. The van der Waals surface area contributed by atoms with E-state index in [9.17, 15) is 4.79 Å². The highest BCUT2D eigenvalue weighted by Gasteiger charge is 2.24. The van der Waals surface area contributed by atoms with Crippen LogP contribution in [0, 0.1) is 5.92 Å². The van der Waals surface area contributed by atoms with Gasteiger partial charge in [0.1, 0.15) is 5.76 Å². The Balaban J connectivity index is 0.00000312. The van der Waals surface area contributed by atoms with Crippen LogP contribution in [-0.4, -0.2) is 49.0 Å². The van der Waals surface area contributed by atoms with Crippen LogP contribution in [0.25, 0.3) is 0 Å². The number of carbonyl (C=O) groups excluding carboxylic acids is 1. The third-order valence-electron chi connectivity index (χ3n) is 4.19. The van der Waals surface area contributed by atoms with Crippen molar-refractivity contribution in [2.24, 2.45) is 10.9 Å². The van der Waals surface area contributed by atoms with Gasteiger partial charge in [-0.3, -0.25) is 9.79 Å². The monoisotopic (exact) mass is 462 g/mol. The number of furan rings is 1. The van der Waals surface area contributed by atoms with Crippen molar-refractivity contribution < 1.29 is 9.21 Å². The molecule has 0 unspecified atom stereocenters. The van der Waals surface area contributed by atoms with Crippen molar-refractivity contribution in [3.63, 3.8) is 0 Å². The third kappa shape index (κ3) is 7.25. The number of guanidine groups is 1. The van der Waals surface area contributed by atoms with E-state index >= 15 is 0 Å². The first kappa shape index (κ1) is 21.8. The number of amides is 1. The van der Waals surface area contributed by atoms with Crippen LogP contribution in [0.3, 0.4) is 0 Å². The van der Waals surface area contributed by atoms with Crippen molar-refractivity contribution in [1.82, 2.24) is 15.5 Å². The number of likely N-dealkylation sites (tertiary alicyclic amines) is 1. The highest BCUT2D eigenvalue weighted by atomic mass is 127. The van der Waals surface area contributed by atoms with Gasteiger partial charge in [0.2, 0.25) is 5.91 Å². The highest BCUT2D eigenvalue weighted by molar-refractivity contribution is 14.0. The van der Waals surface area contributed by atoms with Crippen molar-refractivity contribution in [1.29, 1.82) is 0 Å². The summed E-state index contributed by atoms with van der Waals surface area (Å²) in [6.45, 7) is 9.14. The molecule has 1 amide bonds. The number of halogens is 1. The molecule has 2 heterocycles. The maximum atomic E-state index is 12.0. The molecule has 0 aromatic carbocycles. The molecular formula is C18H31IN4O2. The molecule has 6 nitrogen and oxygen atoms in total. The lowest BCUT2D eigenvalue weighted by molar-refractivity contribution is -0.135. The van der Waals surface area contributed by atoms with E-state index in [4.69, 9.17) is 4.42 Å². The standard InChI is InChI=1S/C18H30N4O2.HI/c1-4-19-18(20-10-7-16-6-5-13-24-16)21-15-8-11-22(12-9-15)17(23)14(2)3;/h5-6,13-15H,4,7-12H2,1-3H3,(H2,19,20,21);1H. The predicted octanol–water partition coefficient (Wildman–Crippen LogP) is 2.64. The minimum atomic E-state index is 0. The number of aliphatic imine (C=N–C) groups is 1. The summed E-state index contributed by atoms with van der Waals surface area (Å²) in [7, 11) is 0. The van der Waals surface area contributed by atoms with Gasteiger partial charge in [-0.15, -0.1) is 24.0 Å². The van der Waals surface area contributed by atoms with Gasteiger partial charge in [-0.2, -0.15) is 0 Å². The molecule has 1 fully saturated rings. The molecule has 1 aliphatic heterocycles. The van der Waals surface area contributed by atoms with Crippen LogP contribution < -0.4 is 10.6 Å². The number of piperidine rings is 1. The van der Waals surface area contributed by atoms with E-state index in [-0.39, 0.29) is 35.8 Å². The normalized spacial score (nSPS) is 15.8. The molecule has 0 atom stereocenters. The number of nitrogens with zero attached hydrogens (tertiary/aromatic N) is 2. The molecule has 0 radical (unpaired) electrons. The van der Waals surface area contributed by atoms with Crippen molar-refractivity contribution in [3.05, 3.63) is 24.2 Å². The summed E-state index contributed by atoms with van der Waals surface area (Å²) in [5.41, 5.74) is 0. The van der Waals surface area contributed by atoms with Gasteiger partial charge in [-0.1, -0.05) is 13.8 Å². The zero-order chi connectivity index (χ0) is 17.4. The summed E-state index contributed by atoms with van der Waals surface area (Å²) < 4.78 is 5.33. The molecule has 2 N–H and O–H groups in total. The molecule has 0 aliphatic carbocycles. The van der Waals surface area contributed by atoms with Gasteiger partial charge in [0, 0.05) is 44.6 Å². The van der Waals surface area contributed by atoms with E-state index in [0.717, 1.165) is 50.6 Å². The number of nitrogens with one attached hydrogen (secondary N) is 2. The van der Waals surface area contributed by atoms with Gasteiger partial charge in [0.15, 0.2) is 5.96 Å². The molecule has 0 spiro atoms. The Kier molecular flexibility index (Phi) is 9.92. The Morgan fingerprint density at radius 2 is 2.12 bits per heavy atom. The summed E-state index contributed by atoms with van der Waals surface area (Å²) in [5.74, 6) is 2.13. The molecule has 0 saturated carbocycles. The molecule has 1 saturated heterocycles. The van der Waals surface area contributed by atoms with Crippen LogP contribution >= 0.6 is 24.0 Å². The minimum absolute atomic E-state index is 0. The Labute approximate surface area is 167 Å². The molecule has 2 rings (SSSR count). The Hall–Kier alpha value is -1.25. The third-order valence-corrected chi connectivity index (χ3v) is 4.19. The van der Waals surface area contributed by atoms with Crippen molar-refractivity contribution >= 4 is 35.8 Å². The molecule has 0 bridgehead atoms. The maximum Gasteiger partial charge on any atom is 0.225 e. The van der Waals surface area contributed by atoms with Gasteiger partial charge in [0.25, 0.3) is 0 Å². The first-order valence-corrected chi connectivity index (χ1v) is 8.96. The Morgan fingerprint density at radius 1 is 1.40 bits per heavy atom. The topological polar surface area (TPSA) is 69.9 Å². The summed E-state index contributed by atoms with van der Waals surface area (Å²) in [6.07, 6.45) is 4.40. The Morgan fingerprint density at radius 3 is 2.68 bits per heavy atom. The molecule has 1 aliphatic rings. The second kappa shape index (κ2) is 11.4. The predicted molar refractivity (Wildman–Crippen MR) is 111 cm³/mol. The fraction of sp³-hybridized carbons (Fsp3) is 0.667. The van der Waals surface area contributed by atoms with E-state index in [1.54, 1.807) is 6.26 Å². The van der Waals surface area contributed by atoms with Gasteiger partial charge >= 0.3 is 0 Å². The zero-order valence-electron chi connectivity index (χ0n) is 15.5. The van der Waals surface area contributed by atoms with Crippen LogP contribution in [0.5, 0.6) is 0 Å². The van der Waals surface area contributed by atoms with Gasteiger partial charge in [-0.05, 0) is 31.9 Å². The second-order valence-electron chi connectivity index (χ2n) is 6.49. The molecular weight excluding hydrogens is 431 g/mol. The summed E-state index contributed by atoms with van der Waals surface area (Å²) in [5, 5.41) is 6.79. The summed E-state index contributed by atoms with van der Waals surface area (Å²) >= 11 is 0. The first-order chi connectivity index (χ1) is 11.6. The lowest BCUT2D eigenvalue weighted by Gasteiger charge is -2.34. The van der Waals surface area contributed by atoms with E-state index in [1.165, 1.54) is 0 Å². The summed E-state index contributed by atoms with van der Waals surface area (Å²) in [6, 6.07) is 4.23. The Bertz CT molecular complexity index is 523. The SMILES string of the molecule is CCNC(=NCCc1ccco1)NC1CCN(C(=O)C(C)C)CC1.I. The van der Waals surface area contributed by atoms with Gasteiger partial charge in [-0.25, -0.2) is 0 Å². The molecule has 142 valence electrons. The van der Waals surface area contributed by atoms with Crippen molar-refractivity contribution in [3.8, 4) is 0 Å². The fourth-order valence-corrected chi connectivity index (χ4v) is 2.86. The summed E-state index contributed by atoms with van der Waals surface area (Å²) in [4.78, 5) is 18.6. The lowest BCUT2D eigenvalue weighted by atomic mass is 10.0. The molecule has 1 aromatic rings. The smallest absolute Gasteiger partial charge is 0.225 e. The van der Waals surface area contributed by atoms with Crippen molar-refractivity contribution in [2.45, 2.75) is 46.1 Å². The van der Waals surface area contributed by atoms with Crippen LogP contribution in [0.1, 0.15) is 39.4 Å². The van der Waals surface area contributed by atoms with E-state index in [2.05, 4.69) is 22.5 Å². The van der Waals surface area contributed by atoms with E-state index in [1.807, 2.05) is 30.9 Å². The number of rotatable bonds is 6. The lowest BCUT2D eigenvalue weighted by Crippen LogP contribution is -2.50. The average Bonchev–Trinajstić information content (AvgIpc) is 3.08. The van der Waals surface area contributed by atoms with Gasteiger partial charge in [0.05, 0.1) is 6.26 Å². The second-order valence-corrected chi connectivity index (χ2v) is 6.49. The number of hydrogen-bond acceptors (Lipinski definition) is 3. The van der Waals surface area contributed by atoms with Crippen LogP contribution in [-0.2, 0) is 11.2 Å². The number of carbonyl (C=O) groups is 1. The fourth-order valence-electron chi connectivity index (χ4n) is 2.86. The number of hydrogen-bond donors (Lipinski definition) is 2. The largest absolute Gasteiger partial charge is 0.469 e. The van der Waals surface area contributed by atoms with Crippen LogP contribution in [0.15, 0.2) is 27.8 Å². The molecule has 1 aromatic heterocycles. The molecule has 25 heavy (non-hydrogen) atoms. The van der Waals surface area contributed by atoms with Gasteiger partial charge < -0.3 is 20.0 Å². The average molecular weight is 462 g/mol.